The van der Waals surface area contributed by atoms with Crippen molar-refractivity contribution in [3.05, 3.63) is 23.3 Å². The van der Waals surface area contributed by atoms with Crippen LogP contribution in [0.5, 0.6) is 11.5 Å². The van der Waals surface area contributed by atoms with Gasteiger partial charge < -0.3 is 14.3 Å². The van der Waals surface area contributed by atoms with Crippen LogP contribution in [0.15, 0.2) is 12.1 Å². The Morgan fingerprint density at radius 1 is 1.35 bits per heavy atom. The zero-order valence-corrected chi connectivity index (χ0v) is 10.2. The monoisotopic (exact) mass is 241 g/mol. The van der Waals surface area contributed by atoms with Crippen LogP contribution in [0.1, 0.15) is 25.0 Å². The number of hydroxylamine groups is 1. The molecule has 94 valence electrons. The fourth-order valence-corrected chi connectivity index (χ4v) is 1.83. The van der Waals surface area contributed by atoms with Crippen LogP contribution in [0, 0.1) is 0 Å². The van der Waals surface area contributed by atoms with Gasteiger partial charge in [0.15, 0.2) is 11.5 Å². The van der Waals surface area contributed by atoms with Crippen molar-refractivity contribution >= 4 is 0 Å². The molecule has 4 nitrogen and oxygen atoms in total. The molecule has 1 aliphatic heterocycles. The Morgan fingerprint density at radius 2 is 2.00 bits per heavy atom. The molecule has 0 aliphatic carbocycles. The molecular weight excluding hydrogens is 225 g/mol. The molecule has 0 saturated carbocycles. The Bertz CT molecular complexity index is 415. The van der Waals surface area contributed by atoms with Crippen molar-refractivity contribution in [3.8, 4) is 11.5 Å². The Hall–Kier alpha value is -1.33. The van der Waals surface area contributed by atoms with E-state index in [4.69, 9.17) is 14.3 Å². The second kappa shape index (κ2) is 4.50. The Balaban J connectivity index is 2.40. The minimum absolute atomic E-state index is 0.183. The number of ether oxygens (including phenoxy) is 2. The highest BCUT2D eigenvalue weighted by Crippen LogP contribution is 2.39. The van der Waals surface area contributed by atoms with E-state index in [0.717, 1.165) is 5.56 Å². The van der Waals surface area contributed by atoms with Gasteiger partial charge in [0.25, 0.3) is 0 Å². The molecule has 1 heterocycles. The molecular formula is C12H16FNO3. The van der Waals surface area contributed by atoms with Gasteiger partial charge in [-0.3, -0.25) is 0 Å². The van der Waals surface area contributed by atoms with Gasteiger partial charge in [-0.05, 0) is 37.1 Å². The van der Waals surface area contributed by atoms with Crippen molar-refractivity contribution in [1.29, 1.82) is 0 Å². The lowest BCUT2D eigenvalue weighted by Gasteiger charge is -2.19. The standard InChI is InChI=1S/C12H16FNO3/c1-12(2,13)9-5-11-10(16-7-17-11)4-8(9)6-14-15-3/h4-5,14H,6-7H2,1-3H3. The largest absolute Gasteiger partial charge is 0.454 e. The summed E-state index contributed by atoms with van der Waals surface area (Å²) in [4.78, 5) is 4.79. The molecule has 5 heteroatoms. The van der Waals surface area contributed by atoms with Gasteiger partial charge in [0.05, 0.1) is 7.11 Å². The maximum absolute atomic E-state index is 14.1. The van der Waals surface area contributed by atoms with Crippen molar-refractivity contribution in [2.45, 2.75) is 26.1 Å². The maximum atomic E-state index is 14.1. The van der Waals surface area contributed by atoms with E-state index in [2.05, 4.69) is 5.48 Å². The predicted molar refractivity (Wildman–Crippen MR) is 60.5 cm³/mol. The van der Waals surface area contributed by atoms with Crippen molar-refractivity contribution in [2.75, 3.05) is 13.9 Å². The van der Waals surface area contributed by atoms with Gasteiger partial charge in [-0.15, -0.1) is 0 Å². The van der Waals surface area contributed by atoms with Crippen molar-refractivity contribution in [3.63, 3.8) is 0 Å². The highest BCUT2D eigenvalue weighted by atomic mass is 19.1. The molecule has 1 aromatic carbocycles. The lowest BCUT2D eigenvalue weighted by Crippen LogP contribution is -2.18. The van der Waals surface area contributed by atoms with E-state index in [-0.39, 0.29) is 6.79 Å². The average Bonchev–Trinajstić information content (AvgIpc) is 2.70. The van der Waals surface area contributed by atoms with Crippen LogP contribution >= 0.6 is 0 Å². The zero-order valence-electron chi connectivity index (χ0n) is 10.2. The molecule has 0 aromatic heterocycles. The number of alkyl halides is 1. The first-order chi connectivity index (χ1) is 8.02. The zero-order chi connectivity index (χ0) is 12.5. The van der Waals surface area contributed by atoms with Crippen LogP contribution < -0.4 is 15.0 Å². The highest BCUT2D eigenvalue weighted by Gasteiger charge is 2.26. The third-order valence-corrected chi connectivity index (χ3v) is 2.65. The molecule has 2 rings (SSSR count). The van der Waals surface area contributed by atoms with E-state index in [9.17, 15) is 4.39 Å². The van der Waals surface area contributed by atoms with Gasteiger partial charge >= 0.3 is 0 Å². The first-order valence-corrected chi connectivity index (χ1v) is 5.40. The summed E-state index contributed by atoms with van der Waals surface area (Å²) in [6, 6.07) is 3.47. The number of rotatable bonds is 4. The maximum Gasteiger partial charge on any atom is 0.231 e. The Morgan fingerprint density at radius 3 is 2.59 bits per heavy atom. The topological polar surface area (TPSA) is 39.7 Å². The minimum atomic E-state index is -1.44. The van der Waals surface area contributed by atoms with Crippen LogP contribution in [-0.4, -0.2) is 13.9 Å². The van der Waals surface area contributed by atoms with E-state index < -0.39 is 5.67 Å². The van der Waals surface area contributed by atoms with E-state index in [1.807, 2.05) is 0 Å². The first-order valence-electron chi connectivity index (χ1n) is 5.40. The number of nitrogens with one attached hydrogen (secondary N) is 1. The SMILES string of the molecule is CONCc1cc2c(cc1C(C)(C)F)OCO2. The second-order valence-corrected chi connectivity index (χ2v) is 4.36. The van der Waals surface area contributed by atoms with Crippen LogP contribution in [0.4, 0.5) is 4.39 Å². The van der Waals surface area contributed by atoms with E-state index >= 15 is 0 Å². The minimum Gasteiger partial charge on any atom is -0.454 e. The summed E-state index contributed by atoms with van der Waals surface area (Å²) in [7, 11) is 1.52. The van der Waals surface area contributed by atoms with E-state index in [0.29, 0.717) is 23.6 Å². The third-order valence-electron chi connectivity index (χ3n) is 2.65. The van der Waals surface area contributed by atoms with Gasteiger partial charge in [-0.1, -0.05) is 0 Å². The van der Waals surface area contributed by atoms with Crippen LogP contribution in [-0.2, 0) is 17.1 Å². The number of benzene rings is 1. The number of hydrogen-bond donors (Lipinski definition) is 1. The molecule has 1 N–H and O–H groups in total. The van der Waals surface area contributed by atoms with Crippen LogP contribution in [0.2, 0.25) is 0 Å². The highest BCUT2D eigenvalue weighted by molar-refractivity contribution is 5.50. The molecule has 0 saturated heterocycles. The summed E-state index contributed by atoms with van der Waals surface area (Å²) < 4.78 is 24.6. The van der Waals surface area contributed by atoms with Crippen LogP contribution in [0.25, 0.3) is 0 Å². The fourth-order valence-electron chi connectivity index (χ4n) is 1.83. The molecule has 0 radical (unpaired) electrons. The molecule has 0 spiro atoms. The molecule has 0 atom stereocenters. The summed E-state index contributed by atoms with van der Waals surface area (Å²) >= 11 is 0. The molecule has 0 bridgehead atoms. The molecule has 0 fully saturated rings. The van der Waals surface area contributed by atoms with Crippen molar-refractivity contribution in [2.24, 2.45) is 0 Å². The summed E-state index contributed by atoms with van der Waals surface area (Å²) in [6.45, 7) is 3.63. The summed E-state index contributed by atoms with van der Waals surface area (Å²) in [6.07, 6.45) is 0. The quantitative estimate of drug-likeness (QED) is 0.821. The van der Waals surface area contributed by atoms with Gasteiger partial charge in [-0.2, -0.15) is 5.48 Å². The first kappa shape index (κ1) is 12.1. The Kier molecular flexibility index (Phi) is 3.22. The van der Waals surface area contributed by atoms with Crippen LogP contribution in [0.3, 0.4) is 0 Å². The molecule has 0 amide bonds. The van der Waals surface area contributed by atoms with Crippen molar-refractivity contribution < 1.29 is 18.7 Å². The molecule has 17 heavy (non-hydrogen) atoms. The van der Waals surface area contributed by atoms with Gasteiger partial charge in [0, 0.05) is 6.54 Å². The fraction of sp³-hybridized carbons (Fsp3) is 0.500. The summed E-state index contributed by atoms with van der Waals surface area (Å²) in [5, 5.41) is 0. The van der Waals surface area contributed by atoms with E-state index in [1.165, 1.54) is 21.0 Å². The molecule has 1 aliphatic rings. The van der Waals surface area contributed by atoms with Gasteiger partial charge in [-0.25, -0.2) is 4.39 Å². The Labute approximate surface area is 99.6 Å². The summed E-state index contributed by atoms with van der Waals surface area (Å²) in [5.74, 6) is 1.23. The number of fused-ring (bicyclic) bond motifs is 1. The predicted octanol–water partition coefficient (Wildman–Crippen LogP) is 2.27. The number of hydrogen-bond acceptors (Lipinski definition) is 4. The lowest BCUT2D eigenvalue weighted by molar-refractivity contribution is 0.0856. The number of halogens is 1. The van der Waals surface area contributed by atoms with Crippen molar-refractivity contribution in [1.82, 2.24) is 5.48 Å². The normalized spacial score (nSPS) is 14.1. The van der Waals surface area contributed by atoms with Gasteiger partial charge in [0.2, 0.25) is 6.79 Å². The average molecular weight is 241 g/mol. The molecule has 1 aromatic rings. The van der Waals surface area contributed by atoms with Gasteiger partial charge in [0.1, 0.15) is 5.67 Å². The lowest BCUT2D eigenvalue weighted by atomic mass is 9.94. The van der Waals surface area contributed by atoms with E-state index in [1.54, 1.807) is 12.1 Å². The molecule has 0 unspecified atom stereocenters. The third kappa shape index (κ3) is 2.50. The summed E-state index contributed by atoms with van der Waals surface area (Å²) in [5.41, 5.74) is 2.64. The smallest absolute Gasteiger partial charge is 0.231 e. The second-order valence-electron chi connectivity index (χ2n) is 4.36.